The fraction of sp³-hybridized carbons (Fsp3) is 0.316. The predicted molar refractivity (Wildman–Crippen MR) is 99.1 cm³/mol. The molecule has 0 aliphatic carbocycles. The van der Waals surface area contributed by atoms with Crippen molar-refractivity contribution >= 4 is 23.4 Å². The lowest BCUT2D eigenvalue weighted by atomic mass is 10.3. The standard InChI is InChI=1S/C19H24N2OS/c1-16(23-18-12-7-4-8-13-18)19(22)20-14-9-15-21(2)17-10-5-3-6-11-17/h3-8,10-13,16H,9,14-15H2,1-2H3,(H,20,22). The van der Waals surface area contributed by atoms with E-state index in [1.807, 2.05) is 55.5 Å². The maximum atomic E-state index is 12.1. The van der Waals surface area contributed by atoms with Gasteiger partial charge in [0.05, 0.1) is 5.25 Å². The van der Waals surface area contributed by atoms with E-state index in [-0.39, 0.29) is 11.2 Å². The van der Waals surface area contributed by atoms with Gasteiger partial charge in [0, 0.05) is 30.7 Å². The average molecular weight is 328 g/mol. The molecule has 4 heteroatoms. The van der Waals surface area contributed by atoms with Gasteiger partial charge in [-0.3, -0.25) is 4.79 Å². The van der Waals surface area contributed by atoms with Gasteiger partial charge in [-0.05, 0) is 37.6 Å². The third-order valence-corrected chi connectivity index (χ3v) is 4.70. The zero-order valence-electron chi connectivity index (χ0n) is 13.7. The smallest absolute Gasteiger partial charge is 0.233 e. The van der Waals surface area contributed by atoms with Gasteiger partial charge in [-0.15, -0.1) is 11.8 Å². The number of hydrogen-bond donors (Lipinski definition) is 1. The lowest BCUT2D eigenvalue weighted by Crippen LogP contribution is -2.33. The summed E-state index contributed by atoms with van der Waals surface area (Å²) in [6.45, 7) is 3.57. The van der Waals surface area contributed by atoms with Crippen molar-refractivity contribution in [2.24, 2.45) is 0 Å². The van der Waals surface area contributed by atoms with Gasteiger partial charge in [-0.2, -0.15) is 0 Å². The average Bonchev–Trinajstić information content (AvgIpc) is 2.60. The Morgan fingerprint density at radius 2 is 1.70 bits per heavy atom. The van der Waals surface area contributed by atoms with Gasteiger partial charge in [-0.1, -0.05) is 36.4 Å². The summed E-state index contributed by atoms with van der Waals surface area (Å²) in [5, 5.41) is 2.94. The van der Waals surface area contributed by atoms with Crippen LogP contribution in [0.2, 0.25) is 0 Å². The number of amides is 1. The molecule has 0 aromatic heterocycles. The van der Waals surface area contributed by atoms with Crippen LogP contribution >= 0.6 is 11.8 Å². The molecule has 0 aliphatic heterocycles. The summed E-state index contributed by atoms with van der Waals surface area (Å²) in [4.78, 5) is 15.4. The van der Waals surface area contributed by atoms with Crippen LogP contribution in [0.1, 0.15) is 13.3 Å². The van der Waals surface area contributed by atoms with Gasteiger partial charge in [0.2, 0.25) is 5.91 Å². The molecule has 1 amide bonds. The molecule has 0 spiro atoms. The van der Waals surface area contributed by atoms with Crippen molar-refractivity contribution in [1.82, 2.24) is 5.32 Å². The summed E-state index contributed by atoms with van der Waals surface area (Å²) in [6.07, 6.45) is 0.930. The van der Waals surface area contributed by atoms with Gasteiger partial charge in [0.15, 0.2) is 0 Å². The first kappa shape index (κ1) is 17.4. The second kappa shape index (κ2) is 9.26. The van der Waals surface area contributed by atoms with Crippen LogP contribution in [0, 0.1) is 0 Å². The van der Waals surface area contributed by atoms with E-state index in [1.54, 1.807) is 11.8 Å². The van der Waals surface area contributed by atoms with Crippen LogP contribution in [0.15, 0.2) is 65.6 Å². The third kappa shape index (κ3) is 5.99. The van der Waals surface area contributed by atoms with E-state index >= 15 is 0 Å². The van der Waals surface area contributed by atoms with Crippen LogP contribution in [0.3, 0.4) is 0 Å². The number of benzene rings is 2. The van der Waals surface area contributed by atoms with E-state index in [1.165, 1.54) is 5.69 Å². The van der Waals surface area contributed by atoms with Crippen molar-refractivity contribution in [2.75, 3.05) is 25.0 Å². The van der Waals surface area contributed by atoms with Gasteiger partial charge >= 0.3 is 0 Å². The number of para-hydroxylation sites is 1. The molecule has 0 bridgehead atoms. The van der Waals surface area contributed by atoms with Crippen molar-refractivity contribution in [3.8, 4) is 0 Å². The third-order valence-electron chi connectivity index (χ3n) is 3.59. The second-order valence-electron chi connectivity index (χ2n) is 5.47. The lowest BCUT2D eigenvalue weighted by molar-refractivity contribution is -0.120. The molecular weight excluding hydrogens is 304 g/mol. The quantitative estimate of drug-likeness (QED) is 0.591. The van der Waals surface area contributed by atoms with E-state index in [4.69, 9.17) is 0 Å². The number of rotatable bonds is 8. The zero-order valence-corrected chi connectivity index (χ0v) is 14.6. The molecule has 0 saturated heterocycles. The van der Waals surface area contributed by atoms with Crippen LogP contribution in [-0.2, 0) is 4.79 Å². The molecule has 23 heavy (non-hydrogen) atoms. The first-order chi connectivity index (χ1) is 11.2. The fourth-order valence-corrected chi connectivity index (χ4v) is 3.15. The minimum absolute atomic E-state index is 0.0794. The van der Waals surface area contributed by atoms with Crippen molar-refractivity contribution in [1.29, 1.82) is 0 Å². The van der Waals surface area contributed by atoms with Crippen LogP contribution in [0.5, 0.6) is 0 Å². The summed E-state index contributed by atoms with van der Waals surface area (Å²) in [6, 6.07) is 20.3. The molecular formula is C19H24N2OS. The summed E-state index contributed by atoms with van der Waals surface area (Å²) in [5.41, 5.74) is 1.20. The minimum atomic E-state index is -0.0794. The fourth-order valence-electron chi connectivity index (χ4n) is 2.24. The van der Waals surface area contributed by atoms with E-state index in [9.17, 15) is 4.79 Å². The molecule has 0 fully saturated rings. The zero-order chi connectivity index (χ0) is 16.5. The highest BCUT2D eigenvalue weighted by Crippen LogP contribution is 2.22. The molecule has 2 aromatic rings. The monoisotopic (exact) mass is 328 g/mol. The van der Waals surface area contributed by atoms with Crippen LogP contribution in [0.25, 0.3) is 0 Å². The van der Waals surface area contributed by atoms with Gasteiger partial charge in [0.25, 0.3) is 0 Å². The topological polar surface area (TPSA) is 32.3 Å². The minimum Gasteiger partial charge on any atom is -0.375 e. The number of nitrogens with one attached hydrogen (secondary N) is 1. The van der Waals surface area contributed by atoms with Crippen molar-refractivity contribution < 1.29 is 4.79 Å². The van der Waals surface area contributed by atoms with Crippen LogP contribution in [-0.4, -0.2) is 31.3 Å². The summed E-state index contributed by atoms with van der Waals surface area (Å²) in [5.74, 6) is 0.0983. The molecule has 3 nitrogen and oxygen atoms in total. The van der Waals surface area contributed by atoms with E-state index < -0.39 is 0 Å². The Labute approximate surface area is 143 Å². The predicted octanol–water partition coefficient (Wildman–Crippen LogP) is 3.81. The molecule has 0 radical (unpaired) electrons. The summed E-state index contributed by atoms with van der Waals surface area (Å²) < 4.78 is 0. The number of nitrogens with zero attached hydrogens (tertiary/aromatic N) is 1. The Kier molecular flexibility index (Phi) is 7.01. The normalized spacial score (nSPS) is 11.7. The summed E-state index contributed by atoms with van der Waals surface area (Å²) >= 11 is 1.59. The Bertz CT molecular complexity index is 589. The highest BCUT2D eigenvalue weighted by Gasteiger charge is 2.13. The molecule has 0 aliphatic rings. The highest BCUT2D eigenvalue weighted by atomic mass is 32.2. The molecule has 0 saturated carbocycles. The van der Waals surface area contributed by atoms with E-state index in [0.717, 1.165) is 17.9 Å². The van der Waals surface area contributed by atoms with Gasteiger partial charge in [0.1, 0.15) is 0 Å². The molecule has 1 N–H and O–H groups in total. The number of thioether (sulfide) groups is 1. The SMILES string of the molecule is CC(Sc1ccccc1)C(=O)NCCCN(C)c1ccccc1. The number of hydrogen-bond acceptors (Lipinski definition) is 3. The maximum absolute atomic E-state index is 12.1. The Hall–Kier alpha value is -1.94. The van der Waals surface area contributed by atoms with Crippen LogP contribution < -0.4 is 10.2 Å². The first-order valence-corrected chi connectivity index (χ1v) is 8.80. The van der Waals surface area contributed by atoms with E-state index in [2.05, 4.69) is 29.4 Å². The lowest BCUT2D eigenvalue weighted by Gasteiger charge is -2.19. The van der Waals surface area contributed by atoms with Crippen molar-refractivity contribution in [2.45, 2.75) is 23.5 Å². The van der Waals surface area contributed by atoms with Crippen LogP contribution in [0.4, 0.5) is 5.69 Å². The van der Waals surface area contributed by atoms with E-state index in [0.29, 0.717) is 6.54 Å². The highest BCUT2D eigenvalue weighted by molar-refractivity contribution is 8.00. The second-order valence-corrected chi connectivity index (χ2v) is 6.89. The molecule has 1 unspecified atom stereocenters. The van der Waals surface area contributed by atoms with Gasteiger partial charge in [-0.25, -0.2) is 0 Å². The molecule has 2 rings (SSSR count). The number of carbonyl (C=O) groups is 1. The molecule has 0 heterocycles. The van der Waals surface area contributed by atoms with Crippen molar-refractivity contribution in [3.63, 3.8) is 0 Å². The molecule has 1 atom stereocenters. The number of anilines is 1. The molecule has 122 valence electrons. The Balaban J connectivity index is 1.66. The van der Waals surface area contributed by atoms with Gasteiger partial charge < -0.3 is 10.2 Å². The Morgan fingerprint density at radius 1 is 1.09 bits per heavy atom. The summed E-state index contributed by atoms with van der Waals surface area (Å²) in [7, 11) is 2.07. The largest absolute Gasteiger partial charge is 0.375 e. The Morgan fingerprint density at radius 3 is 2.35 bits per heavy atom. The molecule has 2 aromatic carbocycles. The first-order valence-electron chi connectivity index (χ1n) is 7.92. The van der Waals surface area contributed by atoms with Crippen molar-refractivity contribution in [3.05, 3.63) is 60.7 Å². The number of carbonyl (C=O) groups excluding carboxylic acids is 1. The maximum Gasteiger partial charge on any atom is 0.233 e.